The van der Waals surface area contributed by atoms with E-state index in [9.17, 15) is 9.90 Å². The number of aliphatic hydroxyl groups is 1. The van der Waals surface area contributed by atoms with Gasteiger partial charge in [-0.1, -0.05) is 18.2 Å². The third-order valence-electron chi connectivity index (χ3n) is 4.36. The predicted molar refractivity (Wildman–Crippen MR) is 88.5 cm³/mol. The zero-order valence-corrected chi connectivity index (χ0v) is 12.6. The molecule has 0 unspecified atom stereocenters. The van der Waals surface area contributed by atoms with E-state index in [1.54, 1.807) is 18.3 Å². The van der Waals surface area contributed by atoms with Gasteiger partial charge in [-0.15, -0.1) is 0 Å². The number of aromatic nitrogens is 2. The molecule has 23 heavy (non-hydrogen) atoms. The summed E-state index contributed by atoms with van der Waals surface area (Å²) < 4.78 is 0. The summed E-state index contributed by atoms with van der Waals surface area (Å²) in [4.78, 5) is 22.2. The van der Waals surface area contributed by atoms with E-state index in [2.05, 4.69) is 16.0 Å². The second-order valence-corrected chi connectivity index (χ2v) is 5.76. The minimum absolute atomic E-state index is 0.0564. The highest BCUT2D eigenvalue weighted by atomic mass is 16.3. The van der Waals surface area contributed by atoms with Crippen molar-refractivity contribution in [3.05, 3.63) is 59.4 Å². The van der Waals surface area contributed by atoms with Gasteiger partial charge >= 0.3 is 0 Å². The molecule has 3 heterocycles. The number of rotatable bonds is 2. The molecule has 3 aromatic rings. The summed E-state index contributed by atoms with van der Waals surface area (Å²) in [6.45, 7) is 0.630. The molecule has 0 bridgehead atoms. The number of amides is 1. The van der Waals surface area contributed by atoms with Gasteiger partial charge < -0.3 is 15.0 Å². The van der Waals surface area contributed by atoms with E-state index in [-0.39, 0.29) is 12.5 Å². The minimum atomic E-state index is -0.0836. The number of pyridine rings is 1. The molecule has 2 N–H and O–H groups in total. The zero-order chi connectivity index (χ0) is 15.8. The average Bonchev–Trinajstić information content (AvgIpc) is 3.04. The van der Waals surface area contributed by atoms with Crippen LogP contribution in [0.5, 0.6) is 0 Å². The monoisotopic (exact) mass is 307 g/mol. The van der Waals surface area contributed by atoms with Crippen molar-refractivity contribution in [2.24, 2.45) is 0 Å². The van der Waals surface area contributed by atoms with Crippen molar-refractivity contribution in [1.82, 2.24) is 9.97 Å². The smallest absolute Gasteiger partial charge is 0.274 e. The number of anilines is 1. The molecule has 5 nitrogen and oxygen atoms in total. The number of hydrogen-bond acceptors (Lipinski definition) is 3. The second-order valence-electron chi connectivity index (χ2n) is 5.76. The fraction of sp³-hybridized carbons (Fsp3) is 0.222. The van der Waals surface area contributed by atoms with E-state index < -0.39 is 0 Å². The normalized spacial score (nSPS) is 14.0. The van der Waals surface area contributed by atoms with Crippen molar-refractivity contribution >= 4 is 22.6 Å². The zero-order valence-electron chi connectivity index (χ0n) is 12.6. The second kappa shape index (κ2) is 5.52. The summed E-state index contributed by atoms with van der Waals surface area (Å²) in [7, 11) is 0. The molecule has 0 fully saturated rings. The number of hydrogen-bond donors (Lipinski definition) is 2. The van der Waals surface area contributed by atoms with E-state index in [0.717, 1.165) is 29.6 Å². The fourth-order valence-electron chi connectivity index (χ4n) is 3.22. The van der Waals surface area contributed by atoms with Gasteiger partial charge in [0.15, 0.2) is 0 Å². The Morgan fingerprint density at radius 2 is 2.17 bits per heavy atom. The van der Waals surface area contributed by atoms with E-state index >= 15 is 0 Å². The number of carbonyl (C=O) groups excluding carboxylic acids is 1. The number of para-hydroxylation sites is 1. The molecule has 0 atom stereocenters. The summed E-state index contributed by atoms with van der Waals surface area (Å²) >= 11 is 0. The van der Waals surface area contributed by atoms with Crippen molar-refractivity contribution < 1.29 is 9.90 Å². The molecule has 1 aromatic carbocycles. The quantitative estimate of drug-likeness (QED) is 0.764. The van der Waals surface area contributed by atoms with Crippen LogP contribution in [0.15, 0.2) is 42.6 Å². The van der Waals surface area contributed by atoms with E-state index in [1.807, 2.05) is 23.1 Å². The lowest BCUT2D eigenvalue weighted by molar-refractivity contribution is 0.0981. The topological polar surface area (TPSA) is 69.2 Å². The Labute approximate surface area is 133 Å². The van der Waals surface area contributed by atoms with Crippen molar-refractivity contribution in [2.45, 2.75) is 19.4 Å². The summed E-state index contributed by atoms with van der Waals surface area (Å²) in [6, 6.07) is 11.5. The highest BCUT2D eigenvalue weighted by Crippen LogP contribution is 2.28. The molecule has 0 radical (unpaired) electrons. The molecular weight excluding hydrogens is 290 g/mol. The Morgan fingerprint density at radius 1 is 1.30 bits per heavy atom. The van der Waals surface area contributed by atoms with Gasteiger partial charge in [0.2, 0.25) is 0 Å². The molecule has 1 aliphatic heterocycles. The van der Waals surface area contributed by atoms with Gasteiger partial charge in [0.25, 0.3) is 5.91 Å². The molecule has 116 valence electrons. The summed E-state index contributed by atoms with van der Waals surface area (Å²) in [5.74, 6) is -0.0564. The molecule has 0 saturated heterocycles. The third-order valence-corrected chi connectivity index (χ3v) is 4.36. The lowest BCUT2D eigenvalue weighted by Gasteiger charge is -2.29. The van der Waals surface area contributed by atoms with Gasteiger partial charge in [-0.2, -0.15) is 0 Å². The molecule has 4 rings (SSSR count). The Balaban J connectivity index is 1.76. The van der Waals surface area contributed by atoms with Crippen LogP contribution in [-0.4, -0.2) is 27.5 Å². The number of H-pyrrole nitrogens is 1. The van der Waals surface area contributed by atoms with Crippen molar-refractivity contribution in [3.63, 3.8) is 0 Å². The van der Waals surface area contributed by atoms with Gasteiger partial charge in [-0.25, -0.2) is 0 Å². The lowest BCUT2D eigenvalue weighted by Crippen LogP contribution is -2.35. The van der Waals surface area contributed by atoms with Gasteiger partial charge in [-0.05, 0) is 36.6 Å². The Kier molecular flexibility index (Phi) is 3.35. The van der Waals surface area contributed by atoms with Gasteiger partial charge in [0.1, 0.15) is 5.69 Å². The fourth-order valence-corrected chi connectivity index (χ4v) is 3.22. The van der Waals surface area contributed by atoms with Crippen LogP contribution in [0.2, 0.25) is 0 Å². The van der Waals surface area contributed by atoms with Crippen LogP contribution in [0.1, 0.15) is 28.0 Å². The van der Waals surface area contributed by atoms with E-state index in [1.165, 1.54) is 5.56 Å². The first kappa shape index (κ1) is 14.0. The SMILES string of the molecule is O=C(c1cc2nccc(CO)c2[nH]1)N1CCCc2ccccc21. The number of aryl methyl sites for hydroxylation is 1. The van der Waals surface area contributed by atoms with Gasteiger partial charge in [-0.3, -0.25) is 9.78 Å². The van der Waals surface area contributed by atoms with Crippen molar-refractivity contribution in [3.8, 4) is 0 Å². The van der Waals surface area contributed by atoms with Crippen molar-refractivity contribution in [1.29, 1.82) is 0 Å². The largest absolute Gasteiger partial charge is 0.392 e. The van der Waals surface area contributed by atoms with Gasteiger partial charge in [0.05, 0.1) is 17.6 Å². The van der Waals surface area contributed by atoms with Crippen LogP contribution in [0.25, 0.3) is 11.0 Å². The molecule has 1 amide bonds. The lowest BCUT2D eigenvalue weighted by atomic mass is 10.0. The number of carbonyl (C=O) groups is 1. The Hall–Kier alpha value is -2.66. The first-order valence-corrected chi connectivity index (χ1v) is 7.75. The highest BCUT2D eigenvalue weighted by molar-refractivity contribution is 6.07. The predicted octanol–water partition coefficient (Wildman–Crippen LogP) is 2.65. The standard InChI is InChI=1S/C18H17N3O2/c22-11-13-7-8-19-14-10-15(20-17(13)14)18(23)21-9-3-5-12-4-1-2-6-16(12)21/h1-2,4,6-8,10,20,22H,3,5,9,11H2. The van der Waals surface area contributed by atoms with Crippen LogP contribution in [0.4, 0.5) is 5.69 Å². The number of fused-ring (bicyclic) bond motifs is 2. The van der Waals surface area contributed by atoms with Crippen LogP contribution in [0.3, 0.4) is 0 Å². The summed E-state index contributed by atoms with van der Waals surface area (Å²) in [6.07, 6.45) is 3.61. The molecule has 5 heteroatoms. The molecule has 2 aromatic heterocycles. The first-order chi connectivity index (χ1) is 11.3. The summed E-state index contributed by atoms with van der Waals surface area (Å²) in [5.41, 5.74) is 4.86. The van der Waals surface area contributed by atoms with E-state index in [4.69, 9.17) is 0 Å². The molecule has 0 saturated carbocycles. The van der Waals surface area contributed by atoms with E-state index in [0.29, 0.717) is 17.8 Å². The van der Waals surface area contributed by atoms with Crippen LogP contribution in [0, 0.1) is 0 Å². The number of benzene rings is 1. The Bertz CT molecular complexity index is 885. The van der Waals surface area contributed by atoms with Gasteiger partial charge in [0, 0.05) is 24.0 Å². The summed E-state index contributed by atoms with van der Waals surface area (Å²) in [5, 5.41) is 9.42. The third kappa shape index (κ3) is 2.29. The maximum Gasteiger partial charge on any atom is 0.274 e. The number of aliphatic hydroxyl groups excluding tert-OH is 1. The Morgan fingerprint density at radius 3 is 3.04 bits per heavy atom. The number of nitrogens with one attached hydrogen (secondary N) is 1. The number of aromatic amines is 1. The highest BCUT2D eigenvalue weighted by Gasteiger charge is 2.24. The average molecular weight is 307 g/mol. The van der Waals surface area contributed by atoms with Crippen molar-refractivity contribution in [2.75, 3.05) is 11.4 Å². The molecular formula is C18H17N3O2. The maximum absolute atomic E-state index is 12.9. The first-order valence-electron chi connectivity index (χ1n) is 7.75. The maximum atomic E-state index is 12.9. The minimum Gasteiger partial charge on any atom is -0.392 e. The van der Waals surface area contributed by atoms with Crippen LogP contribution >= 0.6 is 0 Å². The van der Waals surface area contributed by atoms with Crippen LogP contribution < -0.4 is 4.90 Å². The molecule has 1 aliphatic rings. The molecule has 0 aliphatic carbocycles. The molecule has 0 spiro atoms. The number of nitrogens with zero attached hydrogens (tertiary/aromatic N) is 2. The van der Waals surface area contributed by atoms with Crippen LogP contribution in [-0.2, 0) is 13.0 Å².